The van der Waals surface area contributed by atoms with Crippen molar-refractivity contribution in [2.75, 3.05) is 36.9 Å². The van der Waals surface area contributed by atoms with E-state index in [1.807, 2.05) is 18.4 Å². The Bertz CT molecular complexity index is 1360. The van der Waals surface area contributed by atoms with E-state index in [9.17, 15) is 9.59 Å². The zero-order valence-corrected chi connectivity index (χ0v) is 25.4. The zero-order chi connectivity index (χ0) is 29.2. The van der Waals surface area contributed by atoms with Gasteiger partial charge in [0.05, 0.1) is 11.9 Å². The monoisotopic (exact) mass is 568 g/mol. The first-order valence-electron chi connectivity index (χ1n) is 13.5. The van der Waals surface area contributed by atoms with Crippen LogP contribution in [-0.4, -0.2) is 76.8 Å². The van der Waals surface area contributed by atoms with Crippen LogP contribution in [0.2, 0.25) is 0 Å². The third-order valence-electron chi connectivity index (χ3n) is 6.92. The normalized spacial score (nSPS) is 19.8. The van der Waals surface area contributed by atoms with Gasteiger partial charge in [-0.05, 0) is 71.7 Å². The van der Waals surface area contributed by atoms with Crippen LogP contribution in [0.1, 0.15) is 47.1 Å². The van der Waals surface area contributed by atoms with E-state index in [4.69, 9.17) is 9.47 Å². The molecule has 3 aromatic rings. The molecule has 4 rings (SSSR count). The third kappa shape index (κ3) is 6.71. The molecule has 216 valence electrons. The second kappa shape index (κ2) is 11.7. The maximum atomic E-state index is 13.1. The van der Waals surface area contributed by atoms with Gasteiger partial charge in [-0.2, -0.15) is 0 Å². The van der Waals surface area contributed by atoms with Gasteiger partial charge in [0.2, 0.25) is 5.91 Å². The average molecular weight is 569 g/mol. The van der Waals surface area contributed by atoms with Crippen molar-refractivity contribution in [1.29, 1.82) is 0 Å². The lowest BCUT2D eigenvalue weighted by atomic mass is 10.1. The van der Waals surface area contributed by atoms with Crippen molar-refractivity contribution in [2.45, 2.75) is 71.9 Å². The average Bonchev–Trinajstić information content (AvgIpc) is 3.34. The Morgan fingerprint density at radius 1 is 1.10 bits per heavy atom. The number of likely N-dealkylation sites (N-methyl/N-ethyl adjacent to an activating group) is 1. The van der Waals surface area contributed by atoms with E-state index in [1.165, 1.54) is 0 Å². The number of aromatic nitrogens is 2. The summed E-state index contributed by atoms with van der Waals surface area (Å²) in [4.78, 5) is 40.4. The number of esters is 1. The molecule has 0 aliphatic carbocycles. The van der Waals surface area contributed by atoms with Crippen LogP contribution in [0, 0.1) is 6.92 Å². The number of aryl methyl sites for hydroxylation is 1. The molecule has 2 N–H and O–H groups in total. The number of hydrogen-bond donors (Lipinski definition) is 2. The minimum absolute atomic E-state index is 0.112. The number of rotatable bonds is 8. The zero-order valence-electron chi connectivity index (χ0n) is 24.6. The first-order valence-corrected chi connectivity index (χ1v) is 14.4. The van der Waals surface area contributed by atoms with Gasteiger partial charge in [0.15, 0.2) is 0 Å². The van der Waals surface area contributed by atoms with Gasteiger partial charge in [0.25, 0.3) is 5.72 Å². The number of hydrogen-bond acceptors (Lipinski definition) is 10. The lowest BCUT2D eigenvalue weighted by molar-refractivity contribution is -0.175. The van der Waals surface area contributed by atoms with Crippen LogP contribution in [0.4, 0.5) is 11.5 Å². The first-order chi connectivity index (χ1) is 18.8. The fraction of sp³-hybridized carbons (Fsp3) is 0.517. The van der Waals surface area contributed by atoms with E-state index in [0.717, 1.165) is 34.7 Å². The summed E-state index contributed by atoms with van der Waals surface area (Å²) in [5.74, 6) is 0.739. The van der Waals surface area contributed by atoms with Crippen LogP contribution < -0.4 is 20.3 Å². The van der Waals surface area contributed by atoms with Crippen LogP contribution in [-0.2, 0) is 14.3 Å². The largest absolute Gasteiger partial charge is 0.462 e. The van der Waals surface area contributed by atoms with E-state index in [0.29, 0.717) is 11.4 Å². The molecule has 1 saturated heterocycles. The molecule has 3 unspecified atom stereocenters. The molecule has 2 aromatic heterocycles. The van der Waals surface area contributed by atoms with Gasteiger partial charge in [-0.1, -0.05) is 6.07 Å². The van der Waals surface area contributed by atoms with Gasteiger partial charge in [-0.15, -0.1) is 11.3 Å². The molecule has 3 heterocycles. The van der Waals surface area contributed by atoms with Crippen molar-refractivity contribution in [2.24, 2.45) is 0 Å². The number of nitrogens with zero attached hydrogens (tertiary/aromatic N) is 4. The predicted molar refractivity (Wildman–Crippen MR) is 159 cm³/mol. The molecule has 11 heteroatoms. The van der Waals surface area contributed by atoms with Gasteiger partial charge in [-0.25, -0.2) is 14.8 Å². The Kier molecular flexibility index (Phi) is 8.67. The topological polar surface area (TPSA) is 109 Å². The highest BCUT2D eigenvalue weighted by Crippen LogP contribution is 2.31. The van der Waals surface area contributed by atoms with Crippen LogP contribution in [0.3, 0.4) is 0 Å². The first kappa shape index (κ1) is 29.7. The Hall–Kier alpha value is -3.28. The number of nitrogens with one attached hydrogen (secondary N) is 2. The Morgan fingerprint density at radius 3 is 2.45 bits per heavy atom. The quantitative estimate of drug-likeness (QED) is 0.305. The van der Waals surface area contributed by atoms with Gasteiger partial charge in [0.1, 0.15) is 28.3 Å². The Balaban J connectivity index is 1.41. The van der Waals surface area contributed by atoms with Crippen molar-refractivity contribution in [3.8, 4) is 5.75 Å². The molecule has 0 spiro atoms. The van der Waals surface area contributed by atoms with Crippen LogP contribution in [0.25, 0.3) is 10.2 Å². The number of piperazine rings is 1. The Morgan fingerprint density at radius 2 is 1.80 bits per heavy atom. The molecule has 0 radical (unpaired) electrons. The molecule has 10 nitrogen and oxygen atoms in total. The summed E-state index contributed by atoms with van der Waals surface area (Å²) in [6.45, 7) is 15.0. The van der Waals surface area contributed by atoms with Gasteiger partial charge >= 0.3 is 5.97 Å². The van der Waals surface area contributed by atoms with Crippen LogP contribution in [0.5, 0.6) is 5.75 Å². The summed E-state index contributed by atoms with van der Waals surface area (Å²) in [5, 5.41) is 9.05. The molecule has 1 aliphatic heterocycles. The van der Waals surface area contributed by atoms with Crippen LogP contribution in [0.15, 0.2) is 36.0 Å². The highest BCUT2D eigenvalue weighted by atomic mass is 32.1. The van der Waals surface area contributed by atoms with E-state index < -0.39 is 17.3 Å². The number of benzene rings is 1. The van der Waals surface area contributed by atoms with E-state index >= 15 is 0 Å². The minimum atomic E-state index is -1.39. The molecule has 0 bridgehead atoms. The smallest absolute Gasteiger partial charge is 0.366 e. The van der Waals surface area contributed by atoms with Crippen molar-refractivity contribution in [1.82, 2.24) is 20.2 Å². The number of amides is 1. The van der Waals surface area contributed by atoms with Crippen LogP contribution >= 0.6 is 11.3 Å². The molecular weight excluding hydrogens is 528 g/mol. The van der Waals surface area contributed by atoms with Gasteiger partial charge in [-0.3, -0.25) is 15.0 Å². The van der Waals surface area contributed by atoms with E-state index in [2.05, 4.69) is 50.3 Å². The van der Waals surface area contributed by atoms with Gasteiger partial charge < -0.3 is 19.7 Å². The highest BCUT2D eigenvalue weighted by Gasteiger charge is 2.38. The number of carbonyl (C=O) groups is 2. The SMILES string of the molecule is CNC(C)(Oc1ccc(C)c(NC(=O)CN2CC(C)N(c3ncnc4sccc34)C(C)C2)c1)C(=O)OC(C)(C)C. The number of fused-ring (bicyclic) bond motifs is 1. The molecule has 1 aliphatic rings. The minimum Gasteiger partial charge on any atom is -0.462 e. The number of thiophene rings is 1. The van der Waals surface area contributed by atoms with E-state index in [1.54, 1.807) is 64.5 Å². The lowest BCUT2D eigenvalue weighted by Gasteiger charge is -2.45. The van der Waals surface area contributed by atoms with Crippen molar-refractivity contribution >= 4 is 44.9 Å². The third-order valence-corrected chi connectivity index (χ3v) is 7.74. The second-order valence-corrected chi connectivity index (χ2v) is 12.4. The predicted octanol–water partition coefficient (Wildman–Crippen LogP) is 4.19. The van der Waals surface area contributed by atoms with Crippen molar-refractivity contribution in [3.63, 3.8) is 0 Å². The molecule has 40 heavy (non-hydrogen) atoms. The standard InChI is InChI=1S/C29H40N6O4S/c1-18-9-10-21(38-29(7,30-8)27(37)39-28(4,5)6)13-23(18)33-24(36)16-34-14-19(2)35(20(3)15-34)25-22-11-12-40-26(22)32-17-31-25/h9-13,17,19-20,30H,14-16H2,1-8H3,(H,33,36). The highest BCUT2D eigenvalue weighted by molar-refractivity contribution is 7.16. The molecule has 3 atom stereocenters. The number of carbonyl (C=O) groups excluding carboxylic acids is 2. The number of anilines is 2. The number of ether oxygens (including phenoxy) is 2. The summed E-state index contributed by atoms with van der Waals surface area (Å²) in [6, 6.07) is 7.76. The Labute approximate surface area is 240 Å². The summed E-state index contributed by atoms with van der Waals surface area (Å²) < 4.78 is 11.6. The maximum Gasteiger partial charge on any atom is 0.366 e. The molecular formula is C29H40N6O4S. The molecule has 1 fully saturated rings. The maximum absolute atomic E-state index is 13.1. The summed E-state index contributed by atoms with van der Waals surface area (Å²) >= 11 is 1.61. The summed E-state index contributed by atoms with van der Waals surface area (Å²) in [6.07, 6.45) is 1.63. The molecule has 0 saturated carbocycles. The summed E-state index contributed by atoms with van der Waals surface area (Å²) in [7, 11) is 1.64. The summed E-state index contributed by atoms with van der Waals surface area (Å²) in [5.41, 5.74) is -0.533. The molecule has 1 amide bonds. The second-order valence-electron chi connectivity index (χ2n) is 11.5. The molecule has 1 aromatic carbocycles. The van der Waals surface area contributed by atoms with Crippen molar-refractivity contribution in [3.05, 3.63) is 41.5 Å². The fourth-order valence-electron chi connectivity index (χ4n) is 4.96. The van der Waals surface area contributed by atoms with E-state index in [-0.39, 0.29) is 24.5 Å². The van der Waals surface area contributed by atoms with Crippen molar-refractivity contribution < 1.29 is 19.1 Å². The van der Waals surface area contributed by atoms with Gasteiger partial charge in [0, 0.05) is 43.9 Å². The lowest BCUT2D eigenvalue weighted by Crippen LogP contribution is -2.58. The fourth-order valence-corrected chi connectivity index (χ4v) is 5.69.